The third kappa shape index (κ3) is 4.01. The van der Waals surface area contributed by atoms with Crippen LogP contribution in [0.5, 0.6) is 0 Å². The van der Waals surface area contributed by atoms with Gasteiger partial charge in [-0.3, -0.25) is 0 Å². The standard InChI is InChI=1S/C25H24FN5/c26-22-7-5-18(6-8-22)23-16-29-25(30-24(23)19-3-1-17(13-27)2-4-19)31-11-9-20-14-28-15-21(20)10-12-31/h1-8,16,20-21,28H,9-12,14-15H2/t20-,21+. The number of halogens is 1. The third-order valence-electron chi connectivity index (χ3n) is 6.52. The number of hydrogen-bond acceptors (Lipinski definition) is 5. The van der Waals surface area contributed by atoms with Crippen LogP contribution in [0, 0.1) is 29.0 Å². The van der Waals surface area contributed by atoms with Crippen LogP contribution in [0.25, 0.3) is 22.4 Å². The average Bonchev–Trinajstić information content (AvgIpc) is 3.17. The first-order valence-corrected chi connectivity index (χ1v) is 10.8. The Morgan fingerprint density at radius 3 is 2.23 bits per heavy atom. The van der Waals surface area contributed by atoms with E-state index in [1.54, 1.807) is 24.3 Å². The topological polar surface area (TPSA) is 64.8 Å². The lowest BCUT2D eigenvalue weighted by Crippen LogP contribution is -2.27. The summed E-state index contributed by atoms with van der Waals surface area (Å²) in [6.07, 6.45) is 4.14. The summed E-state index contributed by atoms with van der Waals surface area (Å²) in [7, 11) is 0. The zero-order chi connectivity index (χ0) is 21.2. The van der Waals surface area contributed by atoms with E-state index in [0.717, 1.165) is 79.2 Å². The van der Waals surface area contributed by atoms with Gasteiger partial charge in [0.2, 0.25) is 5.95 Å². The van der Waals surface area contributed by atoms with Crippen LogP contribution in [0.1, 0.15) is 18.4 Å². The van der Waals surface area contributed by atoms with Gasteiger partial charge in [0.15, 0.2) is 0 Å². The van der Waals surface area contributed by atoms with E-state index < -0.39 is 0 Å². The second-order valence-electron chi connectivity index (χ2n) is 8.37. The summed E-state index contributed by atoms with van der Waals surface area (Å²) in [4.78, 5) is 12.0. The minimum absolute atomic E-state index is 0.272. The Balaban J connectivity index is 1.53. The summed E-state index contributed by atoms with van der Waals surface area (Å²) < 4.78 is 13.5. The third-order valence-corrected chi connectivity index (χ3v) is 6.52. The van der Waals surface area contributed by atoms with E-state index in [1.807, 2.05) is 18.3 Å². The summed E-state index contributed by atoms with van der Waals surface area (Å²) in [5.41, 5.74) is 4.03. The molecule has 5 nitrogen and oxygen atoms in total. The average molecular weight is 414 g/mol. The van der Waals surface area contributed by atoms with Crippen molar-refractivity contribution in [3.8, 4) is 28.5 Å². The van der Waals surface area contributed by atoms with Gasteiger partial charge >= 0.3 is 0 Å². The molecule has 6 heteroatoms. The zero-order valence-corrected chi connectivity index (χ0v) is 17.3. The number of hydrogen-bond donors (Lipinski definition) is 1. The lowest BCUT2D eigenvalue weighted by molar-refractivity contribution is 0.409. The normalized spacial score (nSPS) is 20.7. The highest BCUT2D eigenvalue weighted by Crippen LogP contribution is 2.33. The molecule has 3 heterocycles. The second-order valence-corrected chi connectivity index (χ2v) is 8.37. The molecule has 0 spiro atoms. The zero-order valence-electron chi connectivity index (χ0n) is 17.3. The highest BCUT2D eigenvalue weighted by atomic mass is 19.1. The van der Waals surface area contributed by atoms with Gasteiger partial charge in [-0.05, 0) is 67.6 Å². The van der Waals surface area contributed by atoms with E-state index in [4.69, 9.17) is 15.2 Å². The number of anilines is 1. The molecule has 31 heavy (non-hydrogen) atoms. The van der Waals surface area contributed by atoms with Crippen LogP contribution < -0.4 is 10.2 Å². The van der Waals surface area contributed by atoms with Gasteiger partial charge in [-0.25, -0.2) is 14.4 Å². The molecule has 0 unspecified atom stereocenters. The van der Waals surface area contributed by atoms with E-state index in [9.17, 15) is 4.39 Å². The van der Waals surface area contributed by atoms with Crippen LogP contribution in [0.4, 0.5) is 10.3 Å². The van der Waals surface area contributed by atoms with E-state index in [2.05, 4.69) is 16.3 Å². The van der Waals surface area contributed by atoms with Gasteiger partial charge in [-0.2, -0.15) is 5.26 Å². The quantitative estimate of drug-likeness (QED) is 0.695. The Labute approximate surface area is 181 Å². The minimum atomic E-state index is -0.272. The van der Waals surface area contributed by atoms with Gasteiger partial charge in [0.25, 0.3) is 0 Å². The van der Waals surface area contributed by atoms with Crippen molar-refractivity contribution in [2.45, 2.75) is 12.8 Å². The Kier molecular flexibility index (Phi) is 5.35. The van der Waals surface area contributed by atoms with Gasteiger partial charge in [0, 0.05) is 30.4 Å². The second kappa shape index (κ2) is 8.44. The molecule has 1 N–H and O–H groups in total. The lowest BCUT2D eigenvalue weighted by Gasteiger charge is -2.22. The summed E-state index contributed by atoms with van der Waals surface area (Å²) in [5.74, 6) is 1.94. The number of benzene rings is 2. The minimum Gasteiger partial charge on any atom is -0.341 e. The first kappa shape index (κ1) is 19.7. The fourth-order valence-electron chi connectivity index (χ4n) is 4.71. The number of nitrogens with one attached hydrogen (secondary N) is 1. The molecule has 3 aromatic rings. The summed E-state index contributed by atoms with van der Waals surface area (Å²) >= 11 is 0. The maximum absolute atomic E-state index is 13.5. The van der Waals surface area contributed by atoms with Crippen LogP contribution in [-0.2, 0) is 0 Å². The Bertz CT molecular complexity index is 1090. The van der Waals surface area contributed by atoms with Crippen molar-refractivity contribution in [1.82, 2.24) is 15.3 Å². The maximum Gasteiger partial charge on any atom is 0.225 e. The molecule has 2 aliphatic rings. The van der Waals surface area contributed by atoms with Gasteiger partial charge < -0.3 is 10.2 Å². The van der Waals surface area contributed by atoms with Crippen LogP contribution in [0.3, 0.4) is 0 Å². The fourth-order valence-corrected chi connectivity index (χ4v) is 4.71. The number of aromatic nitrogens is 2. The smallest absolute Gasteiger partial charge is 0.225 e. The highest BCUT2D eigenvalue weighted by Gasteiger charge is 2.31. The molecule has 2 fully saturated rings. The monoisotopic (exact) mass is 413 g/mol. The number of rotatable bonds is 3. The van der Waals surface area contributed by atoms with Gasteiger partial charge in [0.1, 0.15) is 5.82 Å². The first-order chi connectivity index (χ1) is 15.2. The van der Waals surface area contributed by atoms with E-state index >= 15 is 0 Å². The molecule has 0 saturated carbocycles. The van der Waals surface area contributed by atoms with Crippen molar-refractivity contribution in [2.75, 3.05) is 31.1 Å². The number of fused-ring (bicyclic) bond motifs is 1. The van der Waals surface area contributed by atoms with E-state index in [1.165, 1.54) is 12.1 Å². The molecule has 0 amide bonds. The summed E-state index contributed by atoms with van der Waals surface area (Å²) in [6, 6.07) is 16.0. The molecule has 0 aliphatic carbocycles. The van der Waals surface area contributed by atoms with Crippen molar-refractivity contribution < 1.29 is 4.39 Å². The fraction of sp³-hybridized carbons (Fsp3) is 0.320. The number of nitriles is 1. The van der Waals surface area contributed by atoms with Crippen molar-refractivity contribution in [1.29, 1.82) is 5.26 Å². The van der Waals surface area contributed by atoms with Gasteiger partial charge in [-0.15, -0.1) is 0 Å². The molecular weight excluding hydrogens is 389 g/mol. The SMILES string of the molecule is N#Cc1ccc(-c2nc(N3CC[C@@H]4CNC[C@@H]4CC3)ncc2-c2ccc(F)cc2)cc1. The maximum atomic E-state index is 13.5. The molecule has 2 aromatic carbocycles. The summed E-state index contributed by atoms with van der Waals surface area (Å²) in [6.45, 7) is 4.12. The predicted molar refractivity (Wildman–Crippen MR) is 119 cm³/mol. The Morgan fingerprint density at radius 2 is 1.58 bits per heavy atom. The van der Waals surface area contributed by atoms with Crippen molar-refractivity contribution in [2.24, 2.45) is 11.8 Å². The number of nitrogens with zero attached hydrogens (tertiary/aromatic N) is 4. The van der Waals surface area contributed by atoms with Crippen LogP contribution in [0.2, 0.25) is 0 Å². The van der Waals surface area contributed by atoms with Crippen LogP contribution in [-0.4, -0.2) is 36.1 Å². The summed E-state index contributed by atoms with van der Waals surface area (Å²) in [5, 5.41) is 12.7. The molecule has 0 radical (unpaired) electrons. The van der Waals surface area contributed by atoms with E-state index in [-0.39, 0.29) is 5.82 Å². The molecule has 0 bridgehead atoms. The molecular formula is C25H24FN5. The predicted octanol–water partition coefficient (Wildman–Crippen LogP) is 4.26. The van der Waals surface area contributed by atoms with Crippen molar-refractivity contribution in [3.05, 3.63) is 66.1 Å². The van der Waals surface area contributed by atoms with Crippen molar-refractivity contribution >= 4 is 5.95 Å². The van der Waals surface area contributed by atoms with E-state index in [0.29, 0.717) is 5.56 Å². The first-order valence-electron chi connectivity index (χ1n) is 10.8. The highest BCUT2D eigenvalue weighted by molar-refractivity contribution is 5.81. The molecule has 2 aliphatic heterocycles. The van der Waals surface area contributed by atoms with Crippen LogP contribution >= 0.6 is 0 Å². The largest absolute Gasteiger partial charge is 0.341 e. The molecule has 156 valence electrons. The Hall–Kier alpha value is -3.30. The molecule has 2 saturated heterocycles. The molecule has 1 aromatic heterocycles. The lowest BCUT2D eigenvalue weighted by atomic mass is 9.92. The molecule has 5 rings (SSSR count). The van der Waals surface area contributed by atoms with Gasteiger partial charge in [-0.1, -0.05) is 24.3 Å². The molecule has 2 atom stereocenters. The Morgan fingerprint density at radius 1 is 0.935 bits per heavy atom. The van der Waals surface area contributed by atoms with Gasteiger partial charge in [0.05, 0.1) is 17.3 Å². The van der Waals surface area contributed by atoms with Crippen LogP contribution in [0.15, 0.2) is 54.7 Å². The van der Waals surface area contributed by atoms with Crippen molar-refractivity contribution in [3.63, 3.8) is 0 Å².